The number of methoxy groups -OCH3 is 2. The predicted octanol–water partition coefficient (Wildman–Crippen LogP) is 12.6. The van der Waals surface area contributed by atoms with Crippen LogP contribution < -0.4 is 31.3 Å². The SMILES string of the molecule is CCC(C)[C@@H]([C@@H](CC(=O)N1CCC[C@H]1[C@H](OC)[C@@H](C)C(=O)C[C@H](C)[C@@H](O)c1ccccc1)OC)N(C)C(=O)[C@@H](CC(=O)[C@H](C(C)C)N(C)C(=O)OCc1ccc(NC(=O)[C@H](CCCNC(N)=O)CC(=O)[C@@H](NC(=O)COCCOc2ccc(N3C(=O)C(Sc4ccc(C(=O)N5CCOCC5)cc4)=C(Sc4ccc(C(=O)N5CCOCC5)cc4)C3=O)cc2C(F)(F)F)C(C)C)cc1)C(C)C. The molecule has 11 amide bonds. The number of benzene rings is 5. The van der Waals surface area contributed by atoms with Crippen molar-refractivity contribution in [3.63, 3.8) is 0 Å². The van der Waals surface area contributed by atoms with Crippen molar-refractivity contribution in [3.8, 4) is 5.75 Å². The van der Waals surface area contributed by atoms with Crippen LogP contribution in [0.2, 0.25) is 0 Å². The van der Waals surface area contributed by atoms with E-state index in [-0.39, 0.29) is 114 Å². The fraction of sp³-hybridized carbons (Fsp3) is 0.541. The number of ketones is 3. The summed E-state index contributed by atoms with van der Waals surface area (Å²) in [5.41, 5.74) is 5.76. The molecule has 31 nitrogen and oxygen atoms in total. The number of aliphatic hydroxyl groups excluding tert-OH is 1. The number of rotatable bonds is 48. The number of carbonyl (C=O) groups excluding carboxylic acids is 13. The van der Waals surface area contributed by atoms with Gasteiger partial charge in [-0.25, -0.2) is 14.5 Å². The number of anilines is 2. The van der Waals surface area contributed by atoms with E-state index in [2.05, 4.69) is 16.0 Å². The fourth-order valence-corrected chi connectivity index (χ4v) is 19.3. The molecule has 4 heterocycles. The van der Waals surface area contributed by atoms with Crippen LogP contribution in [-0.4, -0.2) is 257 Å². The fourth-order valence-electron chi connectivity index (χ4n) is 17.3. The minimum absolute atomic E-state index is 0.0566. The average molecular weight is 1900 g/mol. The van der Waals surface area contributed by atoms with E-state index in [0.29, 0.717) is 127 Å². The molecule has 134 heavy (non-hydrogen) atoms. The lowest BCUT2D eigenvalue weighted by Gasteiger charge is -2.41. The number of ether oxygens (including phenoxy) is 7. The molecule has 3 fully saturated rings. The predicted molar refractivity (Wildman–Crippen MR) is 498 cm³/mol. The van der Waals surface area contributed by atoms with Gasteiger partial charge in [-0.1, -0.05) is 142 Å². The van der Waals surface area contributed by atoms with Crippen LogP contribution in [0.3, 0.4) is 0 Å². The summed E-state index contributed by atoms with van der Waals surface area (Å²) in [6, 6.07) is 26.8. The Kier molecular flexibility index (Phi) is 40.6. The van der Waals surface area contributed by atoms with Gasteiger partial charge in [0.05, 0.1) is 103 Å². The number of nitrogens with zero attached hydrogens (tertiary/aromatic N) is 6. The van der Waals surface area contributed by atoms with Crippen molar-refractivity contribution in [2.24, 2.45) is 53.1 Å². The summed E-state index contributed by atoms with van der Waals surface area (Å²) < 4.78 is 85.1. The number of imide groups is 1. The highest BCUT2D eigenvalue weighted by molar-refractivity contribution is 8.08. The largest absolute Gasteiger partial charge is 0.491 e. The number of hydrogen-bond acceptors (Lipinski definition) is 23. The minimum Gasteiger partial charge on any atom is -0.491 e. The number of morpholine rings is 2. The van der Waals surface area contributed by atoms with E-state index in [1.165, 1.54) is 26.2 Å². The highest BCUT2D eigenvalue weighted by Gasteiger charge is 2.47. The lowest BCUT2D eigenvalue weighted by molar-refractivity contribution is -0.149. The van der Waals surface area contributed by atoms with Gasteiger partial charge in [0, 0.05) is 131 Å². The molecule has 4 aliphatic rings. The zero-order valence-corrected chi connectivity index (χ0v) is 80.4. The highest BCUT2D eigenvalue weighted by Crippen LogP contribution is 2.47. The summed E-state index contributed by atoms with van der Waals surface area (Å²) in [6.45, 7) is 19.9. The van der Waals surface area contributed by atoms with Gasteiger partial charge >= 0.3 is 18.3 Å². The van der Waals surface area contributed by atoms with Crippen LogP contribution in [0.15, 0.2) is 141 Å². The van der Waals surface area contributed by atoms with Crippen LogP contribution in [-0.2, 0) is 84.4 Å². The summed E-state index contributed by atoms with van der Waals surface area (Å²) in [5.74, 6) is -10.3. The number of nitrogens with two attached hydrogens (primary N) is 1. The van der Waals surface area contributed by atoms with Crippen molar-refractivity contribution in [3.05, 3.63) is 159 Å². The van der Waals surface area contributed by atoms with Crippen LogP contribution >= 0.6 is 23.5 Å². The molecule has 0 radical (unpaired) electrons. The van der Waals surface area contributed by atoms with Crippen molar-refractivity contribution in [1.82, 2.24) is 35.1 Å². The van der Waals surface area contributed by atoms with Crippen molar-refractivity contribution in [2.45, 2.75) is 192 Å². The molecule has 4 aliphatic heterocycles. The van der Waals surface area contributed by atoms with Crippen molar-refractivity contribution in [2.75, 3.05) is 124 Å². The molecule has 1 unspecified atom stereocenters. The zero-order valence-electron chi connectivity index (χ0n) is 78.8. The molecule has 3 saturated heterocycles. The standard InChI is InChI=1S/C98H129F3N10O21S2/c1-15-61(8)85(80(126-13)55-82(116)110-40-20-24-75(110)87(127-14)63(10)76(112)51-62(9)86(117)65-21-17-16-18-22-65)106(11)93(121)73(58(2)3)54-78(114)84(60(6)7)107(12)97(125)132-56-64-25-31-69(32-26-64)104-90(118)68(23-19-39-103-96(102)124)52-77(113)83(59(4)5)105-81(115)57-130-49-50-131-79-38-33-70(53-74(79)98(99,100)101)111-94(122)88(133-71-34-27-66(28-35-71)91(119)108-41-45-128-46-42-108)89(95(111)123)134-72-36-29-67(30-37-72)92(120)109-43-47-129-48-44-109/h16-18,21-22,25-38,53,58-63,68,73,75,80,83-87,117H,15,19-20,23-24,39-52,54-57H2,1-14H3,(H,104,118)(H,105,115)(H3,102,103,124)/t61?,62-,63-,68+,73-,75-,80+,83-,84-,85-,86+,87+/m0/s1. The first-order valence-corrected chi connectivity index (χ1v) is 47.3. The molecule has 5 aromatic carbocycles. The van der Waals surface area contributed by atoms with E-state index < -0.39 is 157 Å². The van der Waals surface area contributed by atoms with Crippen molar-refractivity contribution in [1.29, 1.82) is 0 Å². The van der Waals surface area contributed by atoms with E-state index >= 15 is 18.0 Å². The number of thioether (sulfide) groups is 2. The van der Waals surface area contributed by atoms with Crippen LogP contribution in [0, 0.1) is 47.3 Å². The van der Waals surface area contributed by atoms with Gasteiger partial charge in [-0.2, -0.15) is 13.2 Å². The number of alkyl halides is 3. The maximum absolute atomic E-state index is 15.1. The Bertz CT molecular complexity index is 4810. The first-order chi connectivity index (χ1) is 63.8. The normalized spacial score (nSPS) is 17.4. The Hall–Kier alpha value is -10.6. The number of primary amides is 1. The number of carbonyl (C=O) groups is 13. The van der Waals surface area contributed by atoms with E-state index in [0.717, 1.165) is 35.7 Å². The van der Waals surface area contributed by atoms with Gasteiger partial charge in [-0.15, -0.1) is 0 Å². The molecule has 0 spiro atoms. The van der Waals surface area contributed by atoms with Gasteiger partial charge in [0.2, 0.25) is 23.6 Å². The van der Waals surface area contributed by atoms with Crippen LogP contribution in [0.5, 0.6) is 5.75 Å². The number of amides is 11. The Balaban J connectivity index is 0.767. The summed E-state index contributed by atoms with van der Waals surface area (Å²) in [7, 11) is 6.15. The zero-order chi connectivity index (χ0) is 97.9. The van der Waals surface area contributed by atoms with E-state index in [4.69, 9.17) is 38.9 Å². The lowest BCUT2D eigenvalue weighted by atomic mass is 9.83. The Morgan fingerprint density at radius 3 is 1.75 bits per heavy atom. The summed E-state index contributed by atoms with van der Waals surface area (Å²) in [4.78, 5) is 191. The highest BCUT2D eigenvalue weighted by atomic mass is 32.2. The van der Waals surface area contributed by atoms with E-state index in [9.17, 15) is 62.6 Å². The molecule has 730 valence electrons. The second kappa shape index (κ2) is 50.8. The van der Waals surface area contributed by atoms with Gasteiger partial charge in [0.1, 0.15) is 31.4 Å². The number of likely N-dealkylation sites (N-methyl/N-ethyl adjacent to an activating group) is 2. The second-order valence-electron chi connectivity index (χ2n) is 35.5. The van der Waals surface area contributed by atoms with Crippen LogP contribution in [0.25, 0.3) is 0 Å². The van der Waals surface area contributed by atoms with Gasteiger partial charge in [-0.05, 0) is 145 Å². The lowest BCUT2D eigenvalue weighted by Crippen LogP contribution is -2.54. The Morgan fingerprint density at radius 2 is 1.23 bits per heavy atom. The first kappa shape index (κ1) is 107. The van der Waals surface area contributed by atoms with Crippen LogP contribution in [0.4, 0.5) is 34.1 Å². The van der Waals surface area contributed by atoms with Crippen molar-refractivity contribution >= 4 is 112 Å². The number of aliphatic hydroxyl groups is 1. The number of hydrogen-bond donors (Lipinski definition) is 5. The quantitative estimate of drug-likeness (QED) is 0.0178. The Labute approximate surface area is 790 Å². The molecule has 36 heteroatoms. The first-order valence-electron chi connectivity index (χ1n) is 45.7. The molecule has 0 bridgehead atoms. The molecule has 12 atom stereocenters. The molecule has 5 aromatic rings. The molecule has 6 N–H and O–H groups in total. The van der Waals surface area contributed by atoms with Gasteiger partial charge in [0.25, 0.3) is 23.6 Å². The molecule has 0 aliphatic carbocycles. The molecular formula is C98H129F3N10O21S2. The topological polar surface area (TPSA) is 388 Å². The summed E-state index contributed by atoms with van der Waals surface area (Å²) >= 11 is 1.78. The maximum Gasteiger partial charge on any atom is 0.420 e. The minimum atomic E-state index is -5.10. The number of urea groups is 1. The van der Waals surface area contributed by atoms with Crippen molar-refractivity contribution < 1.29 is 114 Å². The van der Waals surface area contributed by atoms with Crippen LogP contribution in [0.1, 0.15) is 171 Å². The van der Waals surface area contributed by atoms with E-state index in [1.807, 2.05) is 65.0 Å². The van der Waals surface area contributed by atoms with Gasteiger partial charge in [0.15, 0.2) is 11.6 Å². The third kappa shape index (κ3) is 29.0. The number of Topliss-reactive ketones (excluding diaryl/α,β-unsaturated/α-hetero) is 3. The third-order valence-corrected chi connectivity index (χ3v) is 27.3. The number of halogens is 3. The number of likely N-dealkylation sites (tertiary alicyclic amines) is 1. The molecule has 9 rings (SSSR count). The molecule has 0 saturated carbocycles. The number of nitrogens with one attached hydrogen (secondary N) is 3. The molecular weight excluding hydrogens is 1770 g/mol. The smallest absolute Gasteiger partial charge is 0.420 e. The summed E-state index contributed by atoms with van der Waals surface area (Å²) in [6.07, 6.45) is -6.60. The monoisotopic (exact) mass is 1900 g/mol. The Morgan fingerprint density at radius 1 is 0.649 bits per heavy atom. The summed E-state index contributed by atoms with van der Waals surface area (Å²) in [5, 5.41) is 19.0. The average Bonchev–Trinajstić information content (AvgIpc) is 1.60. The van der Waals surface area contributed by atoms with Gasteiger partial charge in [-0.3, -0.25) is 52.7 Å². The second-order valence-corrected chi connectivity index (χ2v) is 37.7. The maximum atomic E-state index is 15.1. The van der Waals surface area contributed by atoms with E-state index in [1.54, 1.807) is 134 Å². The van der Waals surface area contributed by atoms with Gasteiger partial charge < -0.3 is 84.4 Å². The third-order valence-electron chi connectivity index (χ3n) is 25.0. The molecule has 0 aromatic heterocycles.